The van der Waals surface area contributed by atoms with E-state index in [-0.39, 0.29) is 17.8 Å². The van der Waals surface area contributed by atoms with Gasteiger partial charge in [0, 0.05) is 12.5 Å². The number of halogens is 2. The number of rotatable bonds is 5. The summed E-state index contributed by atoms with van der Waals surface area (Å²) in [5.41, 5.74) is 4.96. The van der Waals surface area contributed by atoms with Crippen molar-refractivity contribution in [2.75, 3.05) is 0 Å². The van der Waals surface area contributed by atoms with Gasteiger partial charge in [-0.1, -0.05) is 18.1 Å². The van der Waals surface area contributed by atoms with Gasteiger partial charge in [0.05, 0.1) is 5.56 Å². The smallest absolute Gasteiger partial charge is 0.254 e. The Hall–Kier alpha value is -2.18. The number of carbonyl (C=O) groups excluding carboxylic acids is 1. The normalized spacial score (nSPS) is 13.1. The molecule has 0 saturated heterocycles. The van der Waals surface area contributed by atoms with Gasteiger partial charge in [0.15, 0.2) is 11.6 Å². The number of nitrogens with two attached hydrogens (primary N) is 1. The Balaban J connectivity index is 2.80. The van der Waals surface area contributed by atoms with Crippen LogP contribution in [0.3, 0.4) is 0 Å². The highest BCUT2D eigenvalue weighted by atomic mass is 19.2. The predicted octanol–water partition coefficient (Wildman–Crippen LogP) is 1.61. The van der Waals surface area contributed by atoms with Crippen molar-refractivity contribution in [2.24, 2.45) is 10.9 Å². The lowest BCUT2D eigenvalue weighted by molar-refractivity contribution is 0.0931. The minimum Gasteiger partial charge on any atom is -0.409 e. The summed E-state index contributed by atoms with van der Waals surface area (Å²) in [7, 11) is 0. The largest absolute Gasteiger partial charge is 0.409 e. The second-order valence-electron chi connectivity index (χ2n) is 3.98. The van der Waals surface area contributed by atoms with Gasteiger partial charge in [-0.25, -0.2) is 8.78 Å². The SMILES string of the molecule is CCC(CC(N)=NO)NC(=O)c1cccc(F)c1F. The summed E-state index contributed by atoms with van der Waals surface area (Å²) < 4.78 is 26.4. The van der Waals surface area contributed by atoms with Crippen LogP contribution in [0.5, 0.6) is 0 Å². The number of benzene rings is 1. The highest BCUT2D eigenvalue weighted by Crippen LogP contribution is 2.12. The van der Waals surface area contributed by atoms with Crippen LogP contribution < -0.4 is 11.1 Å². The van der Waals surface area contributed by atoms with Crippen molar-refractivity contribution in [2.45, 2.75) is 25.8 Å². The van der Waals surface area contributed by atoms with Crippen molar-refractivity contribution in [3.05, 3.63) is 35.4 Å². The van der Waals surface area contributed by atoms with E-state index in [9.17, 15) is 13.6 Å². The third-order valence-electron chi connectivity index (χ3n) is 2.61. The number of carbonyl (C=O) groups is 1. The minimum absolute atomic E-state index is 0.0492. The zero-order valence-electron chi connectivity index (χ0n) is 10.4. The Kier molecular flexibility index (Phi) is 5.23. The first-order valence-electron chi connectivity index (χ1n) is 5.70. The number of hydrogen-bond acceptors (Lipinski definition) is 3. The zero-order chi connectivity index (χ0) is 14.4. The lowest BCUT2D eigenvalue weighted by Gasteiger charge is -2.16. The van der Waals surface area contributed by atoms with E-state index in [1.807, 2.05) is 0 Å². The quantitative estimate of drug-likeness (QED) is 0.329. The second kappa shape index (κ2) is 6.67. The summed E-state index contributed by atoms with van der Waals surface area (Å²) in [5, 5.41) is 13.7. The molecule has 0 radical (unpaired) electrons. The van der Waals surface area contributed by atoms with E-state index in [4.69, 9.17) is 10.9 Å². The van der Waals surface area contributed by atoms with Crippen molar-refractivity contribution in [3.8, 4) is 0 Å². The molecule has 7 heteroatoms. The van der Waals surface area contributed by atoms with Gasteiger partial charge in [0.1, 0.15) is 5.84 Å². The van der Waals surface area contributed by atoms with Crippen LogP contribution in [0.1, 0.15) is 30.1 Å². The van der Waals surface area contributed by atoms with Crippen LogP contribution in [-0.4, -0.2) is 23.0 Å². The van der Waals surface area contributed by atoms with E-state index in [2.05, 4.69) is 10.5 Å². The maximum Gasteiger partial charge on any atom is 0.254 e. The van der Waals surface area contributed by atoms with Crippen LogP contribution in [0.2, 0.25) is 0 Å². The fraction of sp³-hybridized carbons (Fsp3) is 0.333. The van der Waals surface area contributed by atoms with Gasteiger partial charge in [0.2, 0.25) is 0 Å². The molecule has 0 aromatic heterocycles. The van der Waals surface area contributed by atoms with Crippen molar-refractivity contribution in [1.82, 2.24) is 5.32 Å². The molecule has 0 bridgehead atoms. The van der Waals surface area contributed by atoms with Crippen LogP contribution in [0, 0.1) is 11.6 Å². The number of nitrogens with one attached hydrogen (secondary N) is 1. The molecule has 1 atom stereocenters. The molecule has 1 amide bonds. The summed E-state index contributed by atoms with van der Waals surface area (Å²) in [6.07, 6.45) is 0.620. The fourth-order valence-electron chi connectivity index (χ4n) is 1.53. The third kappa shape index (κ3) is 3.90. The second-order valence-corrected chi connectivity index (χ2v) is 3.98. The molecular weight excluding hydrogens is 256 g/mol. The molecule has 0 heterocycles. The Morgan fingerprint density at radius 1 is 1.53 bits per heavy atom. The molecule has 0 spiro atoms. The van der Waals surface area contributed by atoms with Crippen LogP contribution in [0.4, 0.5) is 8.78 Å². The molecule has 1 aromatic carbocycles. The molecule has 5 nitrogen and oxygen atoms in total. The van der Waals surface area contributed by atoms with Crippen molar-refractivity contribution in [1.29, 1.82) is 0 Å². The van der Waals surface area contributed by atoms with Crippen LogP contribution >= 0.6 is 0 Å². The average Bonchev–Trinajstić information content (AvgIpc) is 2.40. The summed E-state index contributed by atoms with van der Waals surface area (Å²) in [4.78, 5) is 11.8. The predicted molar refractivity (Wildman–Crippen MR) is 65.9 cm³/mol. The lowest BCUT2D eigenvalue weighted by atomic mass is 10.1. The number of amidine groups is 1. The maximum absolute atomic E-state index is 13.4. The van der Waals surface area contributed by atoms with E-state index in [1.54, 1.807) is 6.92 Å². The number of amides is 1. The third-order valence-corrected chi connectivity index (χ3v) is 2.61. The first kappa shape index (κ1) is 14.9. The molecule has 4 N–H and O–H groups in total. The summed E-state index contributed by atoms with van der Waals surface area (Å²) in [5.74, 6) is -3.07. The standard InChI is InChI=1S/C12H15F2N3O2/c1-2-7(6-10(15)17-19)16-12(18)8-4-3-5-9(13)11(8)14/h3-5,7,19H,2,6H2,1H3,(H2,15,17)(H,16,18). The van der Waals surface area contributed by atoms with Gasteiger partial charge < -0.3 is 16.3 Å². The van der Waals surface area contributed by atoms with E-state index in [0.717, 1.165) is 6.07 Å². The van der Waals surface area contributed by atoms with Crippen LogP contribution in [0.15, 0.2) is 23.4 Å². The first-order chi connectivity index (χ1) is 8.99. The number of nitrogens with zero attached hydrogens (tertiary/aromatic N) is 1. The number of oxime groups is 1. The molecule has 0 fully saturated rings. The van der Waals surface area contributed by atoms with Gasteiger partial charge in [-0.15, -0.1) is 0 Å². The van der Waals surface area contributed by atoms with E-state index < -0.39 is 23.6 Å². The molecule has 1 unspecified atom stereocenters. The maximum atomic E-state index is 13.4. The Bertz CT molecular complexity index is 492. The van der Waals surface area contributed by atoms with Crippen LogP contribution in [0.25, 0.3) is 0 Å². The molecule has 104 valence electrons. The molecule has 0 aliphatic carbocycles. The van der Waals surface area contributed by atoms with Gasteiger partial charge in [-0.2, -0.15) is 0 Å². The average molecular weight is 271 g/mol. The molecule has 0 saturated carbocycles. The number of hydrogen-bond donors (Lipinski definition) is 3. The van der Waals surface area contributed by atoms with E-state index >= 15 is 0 Å². The summed E-state index contributed by atoms with van der Waals surface area (Å²) in [6.45, 7) is 1.78. The van der Waals surface area contributed by atoms with Gasteiger partial charge in [-0.3, -0.25) is 4.79 Å². The van der Waals surface area contributed by atoms with Gasteiger partial charge >= 0.3 is 0 Å². The molecular formula is C12H15F2N3O2. The van der Waals surface area contributed by atoms with Crippen molar-refractivity contribution >= 4 is 11.7 Å². The van der Waals surface area contributed by atoms with E-state index in [0.29, 0.717) is 6.42 Å². The van der Waals surface area contributed by atoms with Crippen molar-refractivity contribution < 1.29 is 18.8 Å². The van der Waals surface area contributed by atoms with Crippen LogP contribution in [-0.2, 0) is 0 Å². The minimum atomic E-state index is -1.20. The summed E-state index contributed by atoms with van der Waals surface area (Å²) >= 11 is 0. The highest BCUT2D eigenvalue weighted by Gasteiger charge is 2.18. The Morgan fingerprint density at radius 3 is 2.79 bits per heavy atom. The molecule has 19 heavy (non-hydrogen) atoms. The first-order valence-corrected chi connectivity index (χ1v) is 5.70. The fourth-order valence-corrected chi connectivity index (χ4v) is 1.53. The molecule has 0 aliphatic heterocycles. The van der Waals surface area contributed by atoms with Gasteiger partial charge in [0.25, 0.3) is 5.91 Å². The Labute approximate surface area is 109 Å². The Morgan fingerprint density at radius 2 is 2.21 bits per heavy atom. The lowest BCUT2D eigenvalue weighted by Crippen LogP contribution is -2.38. The van der Waals surface area contributed by atoms with Gasteiger partial charge in [-0.05, 0) is 18.6 Å². The highest BCUT2D eigenvalue weighted by molar-refractivity contribution is 5.95. The van der Waals surface area contributed by atoms with Crippen molar-refractivity contribution in [3.63, 3.8) is 0 Å². The molecule has 0 aliphatic rings. The molecule has 1 aromatic rings. The molecule has 1 rings (SSSR count). The summed E-state index contributed by atoms with van der Waals surface area (Å²) in [6, 6.07) is 2.94. The topological polar surface area (TPSA) is 87.7 Å². The monoisotopic (exact) mass is 271 g/mol. The zero-order valence-corrected chi connectivity index (χ0v) is 10.4. The van der Waals surface area contributed by atoms with E-state index in [1.165, 1.54) is 12.1 Å².